The van der Waals surface area contributed by atoms with Crippen molar-refractivity contribution in [1.82, 2.24) is 0 Å². The number of fused-ring (bicyclic) bond motifs is 3. The van der Waals surface area contributed by atoms with E-state index in [-0.39, 0.29) is 5.41 Å². The van der Waals surface area contributed by atoms with Crippen LogP contribution in [0.5, 0.6) is 0 Å². The van der Waals surface area contributed by atoms with Crippen LogP contribution in [0.3, 0.4) is 0 Å². The minimum atomic E-state index is 0.188. The van der Waals surface area contributed by atoms with Gasteiger partial charge in [-0.1, -0.05) is 99.3 Å². The predicted molar refractivity (Wildman–Crippen MR) is 131 cm³/mol. The molecular formula is C25H32BrI. The number of hydrogen-bond acceptors (Lipinski definition) is 0. The summed E-state index contributed by atoms with van der Waals surface area (Å²) in [5.74, 6) is 0. The van der Waals surface area contributed by atoms with Gasteiger partial charge in [-0.2, -0.15) is 0 Å². The molecule has 0 atom stereocenters. The Bertz CT molecular complexity index is 753. The number of rotatable bonds is 10. The number of benzene rings is 2. The van der Waals surface area contributed by atoms with Crippen LogP contribution in [0.4, 0.5) is 0 Å². The maximum absolute atomic E-state index is 3.94. The molecule has 1 aliphatic carbocycles. The lowest BCUT2D eigenvalue weighted by Gasteiger charge is -2.33. The van der Waals surface area contributed by atoms with Gasteiger partial charge in [-0.25, -0.2) is 0 Å². The minimum Gasteiger partial charge on any atom is -0.0654 e. The summed E-state index contributed by atoms with van der Waals surface area (Å²) >= 11 is 6.43. The molecule has 0 bridgehead atoms. The molecule has 0 nitrogen and oxygen atoms in total. The van der Waals surface area contributed by atoms with Gasteiger partial charge in [0.25, 0.3) is 0 Å². The Hall–Kier alpha value is -0.350. The zero-order chi connectivity index (χ0) is 19.3. The monoisotopic (exact) mass is 538 g/mol. The molecule has 0 aromatic heterocycles. The summed E-state index contributed by atoms with van der Waals surface area (Å²) in [6, 6.07) is 13.9. The van der Waals surface area contributed by atoms with Crippen molar-refractivity contribution in [2.24, 2.45) is 0 Å². The Balaban J connectivity index is 2.05. The second-order valence-corrected chi connectivity index (χ2v) is 10.2. The average Bonchev–Trinajstić information content (AvgIpc) is 2.93. The topological polar surface area (TPSA) is 0 Å². The van der Waals surface area contributed by atoms with Gasteiger partial charge in [0, 0.05) is 13.5 Å². The van der Waals surface area contributed by atoms with Gasteiger partial charge >= 0.3 is 0 Å². The van der Waals surface area contributed by atoms with Crippen molar-refractivity contribution in [3.05, 3.63) is 55.6 Å². The van der Waals surface area contributed by atoms with Crippen molar-refractivity contribution in [2.75, 3.05) is 0 Å². The average molecular weight is 539 g/mol. The van der Waals surface area contributed by atoms with E-state index in [1.54, 1.807) is 11.1 Å². The molecule has 0 N–H and O–H groups in total. The summed E-state index contributed by atoms with van der Waals surface area (Å²) in [6.45, 7) is 4.61. The van der Waals surface area contributed by atoms with Gasteiger partial charge in [-0.05, 0) is 75.9 Å². The third kappa shape index (κ3) is 4.47. The summed E-state index contributed by atoms with van der Waals surface area (Å²) in [4.78, 5) is 0. The number of halogens is 2. The lowest BCUT2D eigenvalue weighted by Crippen LogP contribution is -2.26. The minimum absolute atomic E-state index is 0.188. The van der Waals surface area contributed by atoms with Gasteiger partial charge in [0.1, 0.15) is 0 Å². The molecule has 0 saturated heterocycles. The third-order valence-electron chi connectivity index (χ3n) is 6.19. The molecule has 0 unspecified atom stereocenters. The highest BCUT2D eigenvalue weighted by molar-refractivity contribution is 14.1. The van der Waals surface area contributed by atoms with Crippen molar-refractivity contribution in [1.29, 1.82) is 0 Å². The Morgan fingerprint density at radius 1 is 0.815 bits per heavy atom. The summed E-state index contributed by atoms with van der Waals surface area (Å²) in [5, 5.41) is 0. The molecule has 1 aliphatic rings. The predicted octanol–water partition coefficient (Wildman–Crippen LogP) is 9.26. The van der Waals surface area contributed by atoms with Crippen LogP contribution in [-0.2, 0) is 5.41 Å². The van der Waals surface area contributed by atoms with E-state index in [0.717, 1.165) is 0 Å². The first-order valence-corrected chi connectivity index (χ1v) is 12.6. The number of hydrogen-bond donors (Lipinski definition) is 0. The molecule has 0 saturated carbocycles. The molecule has 0 spiro atoms. The SMILES string of the molecule is CCCCCCC1(CCCCCC)c2cc(I)ccc2-c2cccc(Br)c21. The fourth-order valence-electron chi connectivity index (χ4n) is 4.87. The highest BCUT2D eigenvalue weighted by Crippen LogP contribution is 2.56. The fraction of sp³-hybridized carbons (Fsp3) is 0.520. The first-order valence-electron chi connectivity index (χ1n) is 10.7. The quantitative estimate of drug-likeness (QED) is 0.209. The lowest BCUT2D eigenvalue weighted by atomic mass is 9.70. The van der Waals surface area contributed by atoms with Crippen LogP contribution in [0.25, 0.3) is 11.1 Å². The zero-order valence-electron chi connectivity index (χ0n) is 16.8. The molecule has 3 rings (SSSR count). The Labute approximate surface area is 187 Å². The van der Waals surface area contributed by atoms with E-state index in [0.29, 0.717) is 0 Å². The van der Waals surface area contributed by atoms with E-state index < -0.39 is 0 Å². The smallest absolute Gasteiger partial charge is 0.0226 e. The van der Waals surface area contributed by atoms with E-state index >= 15 is 0 Å². The summed E-state index contributed by atoms with van der Waals surface area (Å²) < 4.78 is 2.67. The molecule has 0 aliphatic heterocycles. The highest BCUT2D eigenvalue weighted by Gasteiger charge is 2.43. The van der Waals surface area contributed by atoms with Gasteiger partial charge < -0.3 is 0 Å². The Morgan fingerprint density at radius 2 is 1.48 bits per heavy atom. The molecule has 0 radical (unpaired) electrons. The Kier molecular flexibility index (Phi) is 7.84. The van der Waals surface area contributed by atoms with Crippen LogP contribution < -0.4 is 0 Å². The van der Waals surface area contributed by atoms with E-state index in [2.05, 4.69) is 88.8 Å². The maximum Gasteiger partial charge on any atom is 0.0226 e. The second-order valence-electron chi connectivity index (χ2n) is 8.06. The second kappa shape index (κ2) is 9.91. The third-order valence-corrected chi connectivity index (χ3v) is 7.53. The van der Waals surface area contributed by atoms with Crippen LogP contribution in [0.2, 0.25) is 0 Å². The van der Waals surface area contributed by atoms with Crippen molar-refractivity contribution in [3.63, 3.8) is 0 Å². The highest BCUT2D eigenvalue weighted by atomic mass is 127. The van der Waals surface area contributed by atoms with E-state index in [1.807, 2.05) is 0 Å². The lowest BCUT2D eigenvalue weighted by molar-refractivity contribution is 0.399. The fourth-order valence-corrected chi connectivity index (χ4v) is 6.11. The van der Waals surface area contributed by atoms with E-state index in [9.17, 15) is 0 Å². The molecule has 146 valence electrons. The molecule has 2 aromatic carbocycles. The summed E-state index contributed by atoms with van der Waals surface area (Å²) in [5.41, 5.74) is 6.27. The van der Waals surface area contributed by atoms with Gasteiger partial charge in [-0.15, -0.1) is 0 Å². The Morgan fingerprint density at radius 3 is 2.11 bits per heavy atom. The summed E-state index contributed by atoms with van der Waals surface area (Å²) in [7, 11) is 0. The first kappa shape index (κ1) is 21.4. The molecule has 0 amide bonds. The van der Waals surface area contributed by atoms with E-state index in [1.165, 1.54) is 83.4 Å². The van der Waals surface area contributed by atoms with Crippen molar-refractivity contribution in [2.45, 2.75) is 83.5 Å². The van der Waals surface area contributed by atoms with Crippen molar-refractivity contribution < 1.29 is 0 Å². The molecule has 0 fully saturated rings. The summed E-state index contributed by atoms with van der Waals surface area (Å²) in [6.07, 6.45) is 13.2. The number of unbranched alkanes of at least 4 members (excludes halogenated alkanes) is 6. The van der Waals surface area contributed by atoms with Crippen LogP contribution >= 0.6 is 38.5 Å². The van der Waals surface area contributed by atoms with Crippen LogP contribution in [-0.4, -0.2) is 0 Å². The van der Waals surface area contributed by atoms with Gasteiger partial charge in [0.2, 0.25) is 0 Å². The normalized spacial score (nSPS) is 14.2. The zero-order valence-corrected chi connectivity index (χ0v) is 20.5. The maximum atomic E-state index is 3.94. The molecule has 27 heavy (non-hydrogen) atoms. The first-order chi connectivity index (χ1) is 13.1. The van der Waals surface area contributed by atoms with Crippen LogP contribution in [0.1, 0.15) is 89.2 Å². The van der Waals surface area contributed by atoms with Gasteiger partial charge in [-0.3, -0.25) is 0 Å². The van der Waals surface area contributed by atoms with Crippen molar-refractivity contribution >= 4 is 38.5 Å². The van der Waals surface area contributed by atoms with Gasteiger partial charge in [0.15, 0.2) is 0 Å². The largest absolute Gasteiger partial charge is 0.0654 e. The molecule has 0 heterocycles. The molecule has 2 heteroatoms. The van der Waals surface area contributed by atoms with Crippen molar-refractivity contribution in [3.8, 4) is 11.1 Å². The molecular weight excluding hydrogens is 507 g/mol. The standard InChI is InChI=1S/C25H32BrI/c1-3-5-7-9-16-25(17-10-8-6-4-2)22-18-19(27)14-15-20(22)21-12-11-13-23(26)24(21)25/h11-15,18H,3-10,16-17H2,1-2H3. The van der Waals surface area contributed by atoms with Crippen LogP contribution in [0.15, 0.2) is 40.9 Å². The van der Waals surface area contributed by atoms with E-state index in [4.69, 9.17) is 0 Å². The van der Waals surface area contributed by atoms with Crippen LogP contribution in [0, 0.1) is 3.57 Å². The molecule has 2 aromatic rings. The van der Waals surface area contributed by atoms with Gasteiger partial charge in [0.05, 0.1) is 0 Å².